The molecule has 0 aliphatic rings. The Labute approximate surface area is 164 Å². The van der Waals surface area contributed by atoms with Crippen molar-refractivity contribution in [2.24, 2.45) is 0 Å². The molecule has 0 saturated heterocycles. The van der Waals surface area contributed by atoms with Crippen molar-refractivity contribution in [3.8, 4) is 0 Å². The molecule has 7 heteroatoms. The molecule has 0 bridgehead atoms. The molecule has 0 saturated carbocycles. The van der Waals surface area contributed by atoms with Gasteiger partial charge in [0, 0.05) is 17.6 Å². The molecular weight excluding hydrogens is 360 g/mol. The lowest BCUT2D eigenvalue weighted by Crippen LogP contribution is -2.43. The van der Waals surface area contributed by atoms with E-state index in [1.807, 2.05) is 51.7 Å². The summed E-state index contributed by atoms with van der Waals surface area (Å²) in [6.45, 7) is 10.00. The molecule has 0 fully saturated rings. The van der Waals surface area contributed by atoms with Gasteiger partial charge >= 0.3 is 0 Å². The molecule has 0 radical (unpaired) electrons. The van der Waals surface area contributed by atoms with Crippen LogP contribution in [0.25, 0.3) is 0 Å². The van der Waals surface area contributed by atoms with Crippen LogP contribution in [-0.4, -0.2) is 44.7 Å². The van der Waals surface area contributed by atoms with Crippen LogP contribution in [0, 0.1) is 6.92 Å². The first-order chi connectivity index (χ1) is 12.8. The highest BCUT2D eigenvalue weighted by Gasteiger charge is 2.20. The Kier molecular flexibility index (Phi) is 7.36. The van der Waals surface area contributed by atoms with Gasteiger partial charge in [-0.05, 0) is 58.9 Å². The summed E-state index contributed by atoms with van der Waals surface area (Å²) in [5, 5.41) is 11.5. The smallest absolute Gasteiger partial charge is 0.256 e. The number of benzene rings is 1. The van der Waals surface area contributed by atoms with Crippen molar-refractivity contribution in [1.29, 1.82) is 0 Å². The Balaban J connectivity index is 1.92. The molecule has 2 rings (SSSR count). The molecule has 144 valence electrons. The van der Waals surface area contributed by atoms with E-state index in [0.717, 1.165) is 5.56 Å². The van der Waals surface area contributed by atoms with E-state index < -0.39 is 0 Å². The van der Waals surface area contributed by atoms with Crippen molar-refractivity contribution in [3.05, 3.63) is 47.5 Å². The summed E-state index contributed by atoms with van der Waals surface area (Å²) in [4.78, 5) is 26.4. The van der Waals surface area contributed by atoms with Crippen molar-refractivity contribution in [2.75, 3.05) is 11.1 Å². The van der Waals surface area contributed by atoms with E-state index in [2.05, 4.69) is 15.5 Å². The molecule has 0 atom stereocenters. The summed E-state index contributed by atoms with van der Waals surface area (Å²) in [5.74, 6) is 0.523. The minimum atomic E-state index is -0.232. The van der Waals surface area contributed by atoms with Crippen molar-refractivity contribution in [1.82, 2.24) is 15.1 Å². The number of thioether (sulfide) groups is 1. The highest BCUT2D eigenvalue weighted by molar-refractivity contribution is 7.99. The summed E-state index contributed by atoms with van der Waals surface area (Å²) in [7, 11) is 0. The van der Waals surface area contributed by atoms with E-state index in [0.29, 0.717) is 22.2 Å². The van der Waals surface area contributed by atoms with Crippen LogP contribution in [0.15, 0.2) is 41.4 Å². The van der Waals surface area contributed by atoms with Gasteiger partial charge in [-0.15, -0.1) is 10.2 Å². The summed E-state index contributed by atoms with van der Waals surface area (Å²) in [6.07, 6.45) is 0. The molecule has 1 aromatic carbocycles. The number of nitrogens with zero attached hydrogens (tertiary/aromatic N) is 3. The fourth-order valence-electron chi connectivity index (χ4n) is 2.74. The third-order valence-electron chi connectivity index (χ3n) is 3.94. The van der Waals surface area contributed by atoms with Gasteiger partial charge in [0.25, 0.3) is 5.91 Å². The van der Waals surface area contributed by atoms with E-state index in [1.165, 1.54) is 11.8 Å². The SMILES string of the molecule is Cc1ccc(C(=O)Nc2ccc(SCC(=O)N(C(C)C)C(C)C)nn2)cc1. The van der Waals surface area contributed by atoms with Gasteiger partial charge in [0.15, 0.2) is 5.82 Å². The second-order valence-electron chi connectivity index (χ2n) is 6.85. The molecule has 6 nitrogen and oxygen atoms in total. The fourth-order valence-corrected chi connectivity index (χ4v) is 3.42. The second-order valence-corrected chi connectivity index (χ2v) is 7.85. The van der Waals surface area contributed by atoms with Crippen molar-refractivity contribution in [3.63, 3.8) is 0 Å². The van der Waals surface area contributed by atoms with Gasteiger partial charge < -0.3 is 10.2 Å². The van der Waals surface area contributed by atoms with E-state index in [9.17, 15) is 9.59 Å². The molecule has 2 aromatic rings. The van der Waals surface area contributed by atoms with E-state index >= 15 is 0 Å². The van der Waals surface area contributed by atoms with Crippen LogP contribution in [0.2, 0.25) is 0 Å². The number of nitrogens with one attached hydrogen (secondary N) is 1. The highest BCUT2D eigenvalue weighted by Crippen LogP contribution is 2.18. The summed E-state index contributed by atoms with van der Waals surface area (Å²) in [5.41, 5.74) is 1.66. The molecular formula is C20H26N4O2S. The number of hydrogen-bond acceptors (Lipinski definition) is 5. The zero-order valence-electron chi connectivity index (χ0n) is 16.4. The molecule has 2 amide bonds. The van der Waals surface area contributed by atoms with E-state index in [4.69, 9.17) is 0 Å². The largest absolute Gasteiger partial charge is 0.337 e. The van der Waals surface area contributed by atoms with Crippen LogP contribution in [-0.2, 0) is 4.79 Å². The number of hydrogen-bond donors (Lipinski definition) is 1. The molecule has 0 aliphatic carbocycles. The maximum absolute atomic E-state index is 12.4. The molecule has 0 unspecified atom stereocenters. The monoisotopic (exact) mass is 386 g/mol. The molecule has 1 N–H and O–H groups in total. The van der Waals surface area contributed by atoms with Crippen LogP contribution in [0.1, 0.15) is 43.6 Å². The molecule has 0 aliphatic heterocycles. The first kappa shape index (κ1) is 20.9. The fraction of sp³-hybridized carbons (Fsp3) is 0.400. The number of carbonyl (C=O) groups is 2. The summed E-state index contributed by atoms with van der Waals surface area (Å²) < 4.78 is 0. The number of amides is 2. The zero-order valence-corrected chi connectivity index (χ0v) is 17.2. The van der Waals surface area contributed by atoms with Crippen LogP contribution in [0.4, 0.5) is 5.82 Å². The average molecular weight is 387 g/mol. The van der Waals surface area contributed by atoms with Crippen LogP contribution < -0.4 is 5.32 Å². The van der Waals surface area contributed by atoms with Crippen molar-refractivity contribution >= 4 is 29.4 Å². The van der Waals surface area contributed by atoms with Crippen molar-refractivity contribution in [2.45, 2.75) is 51.7 Å². The maximum Gasteiger partial charge on any atom is 0.256 e. The van der Waals surface area contributed by atoms with E-state index in [-0.39, 0.29) is 23.9 Å². The molecule has 0 spiro atoms. The first-order valence-electron chi connectivity index (χ1n) is 8.93. The first-order valence-corrected chi connectivity index (χ1v) is 9.92. The van der Waals surface area contributed by atoms with Crippen LogP contribution in [0.5, 0.6) is 0 Å². The van der Waals surface area contributed by atoms with Crippen LogP contribution >= 0.6 is 11.8 Å². The Morgan fingerprint density at radius 1 is 1.00 bits per heavy atom. The number of aryl methyl sites for hydroxylation is 1. The number of rotatable bonds is 7. The normalized spacial score (nSPS) is 10.9. The topological polar surface area (TPSA) is 75.2 Å². The quantitative estimate of drug-likeness (QED) is 0.733. The van der Waals surface area contributed by atoms with Gasteiger partial charge in [-0.3, -0.25) is 9.59 Å². The second kappa shape index (κ2) is 9.50. The van der Waals surface area contributed by atoms with E-state index in [1.54, 1.807) is 24.3 Å². The predicted molar refractivity (Wildman–Crippen MR) is 109 cm³/mol. The summed E-state index contributed by atoms with van der Waals surface area (Å²) >= 11 is 1.34. The summed E-state index contributed by atoms with van der Waals surface area (Å²) in [6, 6.07) is 11.1. The Morgan fingerprint density at radius 3 is 2.15 bits per heavy atom. The van der Waals surface area contributed by atoms with Gasteiger partial charge in [-0.25, -0.2) is 0 Å². The lowest BCUT2D eigenvalue weighted by molar-refractivity contribution is -0.131. The minimum Gasteiger partial charge on any atom is -0.337 e. The Bertz CT molecular complexity index is 766. The highest BCUT2D eigenvalue weighted by atomic mass is 32.2. The maximum atomic E-state index is 12.4. The van der Waals surface area contributed by atoms with Gasteiger partial charge in [0.05, 0.1) is 5.75 Å². The van der Waals surface area contributed by atoms with Gasteiger partial charge in [-0.1, -0.05) is 29.5 Å². The van der Waals surface area contributed by atoms with Crippen molar-refractivity contribution < 1.29 is 9.59 Å². The number of carbonyl (C=O) groups excluding carboxylic acids is 2. The minimum absolute atomic E-state index is 0.0727. The Morgan fingerprint density at radius 2 is 1.63 bits per heavy atom. The predicted octanol–water partition coefficient (Wildman–Crippen LogP) is 3.77. The molecule has 27 heavy (non-hydrogen) atoms. The lowest BCUT2D eigenvalue weighted by Gasteiger charge is -2.30. The lowest BCUT2D eigenvalue weighted by atomic mass is 10.1. The van der Waals surface area contributed by atoms with Gasteiger partial charge in [0.2, 0.25) is 5.91 Å². The molecule has 1 aromatic heterocycles. The molecule has 1 heterocycles. The Hall–Kier alpha value is -2.41. The third kappa shape index (κ3) is 6.06. The zero-order chi connectivity index (χ0) is 20.0. The third-order valence-corrected chi connectivity index (χ3v) is 4.84. The standard InChI is InChI=1S/C20H26N4O2S/c1-13(2)24(14(3)4)19(25)12-27-18-11-10-17(22-23-18)21-20(26)16-8-6-15(5)7-9-16/h6-11,13-14H,12H2,1-5H3,(H,21,22,26). The van der Waals surface area contributed by atoms with Crippen LogP contribution in [0.3, 0.4) is 0 Å². The average Bonchev–Trinajstić information content (AvgIpc) is 2.61. The number of anilines is 1. The number of aromatic nitrogens is 2. The van der Waals surface area contributed by atoms with Gasteiger partial charge in [-0.2, -0.15) is 0 Å². The van der Waals surface area contributed by atoms with Gasteiger partial charge in [0.1, 0.15) is 5.03 Å².